The molecule has 0 radical (unpaired) electrons. The Morgan fingerprint density at radius 1 is 1.38 bits per heavy atom. The van der Waals surface area contributed by atoms with E-state index in [9.17, 15) is 17.6 Å². The molecule has 0 saturated heterocycles. The fraction of sp³-hybridized carbons (Fsp3) is 0.462. The maximum absolute atomic E-state index is 14.0. The Bertz CT molecular complexity index is 605. The normalized spacial score (nSPS) is 11.7. The summed E-state index contributed by atoms with van der Waals surface area (Å²) >= 11 is 0. The fourth-order valence-corrected chi connectivity index (χ4v) is 3.01. The van der Waals surface area contributed by atoms with Crippen molar-refractivity contribution in [1.82, 2.24) is 9.62 Å². The number of carbonyl (C=O) groups is 1. The highest BCUT2D eigenvalue weighted by molar-refractivity contribution is 7.89. The van der Waals surface area contributed by atoms with E-state index >= 15 is 0 Å². The van der Waals surface area contributed by atoms with Crippen molar-refractivity contribution < 1.29 is 17.6 Å². The molecular weight excluding hydrogens is 297 g/mol. The molecule has 1 amide bonds. The number of halogens is 1. The zero-order valence-electron chi connectivity index (χ0n) is 12.3. The zero-order chi connectivity index (χ0) is 16.0. The molecule has 0 aromatic heterocycles. The first-order valence-corrected chi connectivity index (χ1v) is 7.91. The SMILES string of the molecule is CNCCCN(C)S(=O)(=O)c1ccc(NC(C)=O)cc1F. The minimum Gasteiger partial charge on any atom is -0.326 e. The lowest BCUT2D eigenvalue weighted by molar-refractivity contribution is -0.114. The first kappa shape index (κ1) is 17.5. The average molecular weight is 317 g/mol. The molecule has 2 N–H and O–H groups in total. The van der Waals surface area contributed by atoms with E-state index in [4.69, 9.17) is 0 Å². The lowest BCUT2D eigenvalue weighted by Crippen LogP contribution is -2.30. The van der Waals surface area contributed by atoms with Crippen LogP contribution in [0.15, 0.2) is 23.1 Å². The second-order valence-electron chi connectivity index (χ2n) is 4.61. The van der Waals surface area contributed by atoms with E-state index in [1.165, 1.54) is 20.0 Å². The number of amides is 1. The number of rotatable bonds is 7. The molecule has 0 atom stereocenters. The molecular formula is C13H20FN3O3S. The van der Waals surface area contributed by atoms with Crippen LogP contribution in [0.4, 0.5) is 10.1 Å². The van der Waals surface area contributed by atoms with Crippen molar-refractivity contribution in [1.29, 1.82) is 0 Å². The number of hydrogen-bond donors (Lipinski definition) is 2. The van der Waals surface area contributed by atoms with E-state index < -0.39 is 20.7 Å². The third-order valence-electron chi connectivity index (χ3n) is 2.84. The first-order valence-electron chi connectivity index (χ1n) is 6.47. The van der Waals surface area contributed by atoms with E-state index in [0.29, 0.717) is 13.0 Å². The lowest BCUT2D eigenvalue weighted by atomic mass is 10.3. The smallest absolute Gasteiger partial charge is 0.245 e. The molecule has 1 aromatic carbocycles. The van der Waals surface area contributed by atoms with Crippen LogP contribution in [0.25, 0.3) is 0 Å². The number of nitrogens with zero attached hydrogens (tertiary/aromatic N) is 1. The molecule has 1 aromatic rings. The van der Waals surface area contributed by atoms with E-state index in [1.807, 2.05) is 0 Å². The van der Waals surface area contributed by atoms with Crippen molar-refractivity contribution in [3.8, 4) is 0 Å². The molecule has 0 spiro atoms. The van der Waals surface area contributed by atoms with Gasteiger partial charge in [-0.3, -0.25) is 4.79 Å². The molecule has 6 nitrogen and oxygen atoms in total. The van der Waals surface area contributed by atoms with Gasteiger partial charge in [-0.15, -0.1) is 0 Å². The van der Waals surface area contributed by atoms with Crippen molar-refractivity contribution in [3.05, 3.63) is 24.0 Å². The summed E-state index contributed by atoms with van der Waals surface area (Å²) in [6, 6.07) is 3.51. The summed E-state index contributed by atoms with van der Waals surface area (Å²) in [7, 11) is -0.696. The van der Waals surface area contributed by atoms with E-state index in [2.05, 4.69) is 10.6 Å². The predicted molar refractivity (Wildman–Crippen MR) is 79.1 cm³/mol. The Hall–Kier alpha value is -1.51. The second kappa shape index (κ2) is 7.48. The summed E-state index contributed by atoms with van der Waals surface area (Å²) in [5.74, 6) is -1.24. The van der Waals surface area contributed by atoms with Crippen LogP contribution in [0.1, 0.15) is 13.3 Å². The molecule has 0 aliphatic rings. The van der Waals surface area contributed by atoms with Gasteiger partial charge >= 0.3 is 0 Å². The standard InChI is InChI=1S/C13H20FN3O3S/c1-10(18)16-11-5-6-13(12(14)9-11)21(19,20)17(3)8-4-7-15-2/h5-6,9,15H,4,7-8H2,1-3H3,(H,16,18). The molecule has 0 unspecified atom stereocenters. The topological polar surface area (TPSA) is 78.5 Å². The van der Waals surface area contributed by atoms with Crippen molar-refractivity contribution >= 4 is 21.6 Å². The highest BCUT2D eigenvalue weighted by atomic mass is 32.2. The zero-order valence-corrected chi connectivity index (χ0v) is 13.1. The molecule has 0 aliphatic heterocycles. The number of carbonyl (C=O) groups excluding carboxylic acids is 1. The van der Waals surface area contributed by atoms with Crippen LogP contribution in [-0.2, 0) is 14.8 Å². The van der Waals surface area contributed by atoms with E-state index in [0.717, 1.165) is 16.4 Å². The summed E-state index contributed by atoms with van der Waals surface area (Å²) < 4.78 is 39.6. The largest absolute Gasteiger partial charge is 0.326 e. The Balaban J connectivity index is 2.95. The molecule has 21 heavy (non-hydrogen) atoms. The van der Waals surface area contributed by atoms with Gasteiger partial charge in [-0.05, 0) is 38.2 Å². The Morgan fingerprint density at radius 2 is 2.05 bits per heavy atom. The molecule has 0 fully saturated rings. The number of nitrogens with one attached hydrogen (secondary N) is 2. The van der Waals surface area contributed by atoms with Gasteiger partial charge in [0.05, 0.1) is 0 Å². The van der Waals surface area contributed by atoms with Gasteiger partial charge < -0.3 is 10.6 Å². The molecule has 0 saturated carbocycles. The van der Waals surface area contributed by atoms with Gasteiger partial charge in [0, 0.05) is 26.2 Å². The van der Waals surface area contributed by atoms with Crippen LogP contribution < -0.4 is 10.6 Å². The van der Waals surface area contributed by atoms with Crippen molar-refractivity contribution in [3.63, 3.8) is 0 Å². The van der Waals surface area contributed by atoms with Crippen LogP contribution in [0.2, 0.25) is 0 Å². The van der Waals surface area contributed by atoms with Crippen LogP contribution in [-0.4, -0.2) is 45.8 Å². The van der Waals surface area contributed by atoms with Crippen molar-refractivity contribution in [2.75, 3.05) is 32.5 Å². The van der Waals surface area contributed by atoms with Crippen LogP contribution >= 0.6 is 0 Å². The first-order chi connectivity index (χ1) is 9.78. The Kier molecular flexibility index (Phi) is 6.25. The molecule has 1 rings (SSSR count). The lowest BCUT2D eigenvalue weighted by Gasteiger charge is -2.17. The Morgan fingerprint density at radius 3 is 2.57 bits per heavy atom. The third-order valence-corrected chi connectivity index (χ3v) is 4.73. The van der Waals surface area contributed by atoms with Crippen LogP contribution in [0.3, 0.4) is 0 Å². The van der Waals surface area contributed by atoms with Crippen molar-refractivity contribution in [2.45, 2.75) is 18.2 Å². The van der Waals surface area contributed by atoms with Gasteiger partial charge in [-0.25, -0.2) is 17.1 Å². The number of benzene rings is 1. The average Bonchev–Trinajstić information content (AvgIpc) is 2.37. The van der Waals surface area contributed by atoms with Gasteiger partial charge in [0.15, 0.2) is 0 Å². The van der Waals surface area contributed by atoms with Crippen LogP contribution in [0, 0.1) is 5.82 Å². The van der Waals surface area contributed by atoms with Crippen LogP contribution in [0.5, 0.6) is 0 Å². The maximum Gasteiger partial charge on any atom is 0.245 e. The minimum absolute atomic E-state index is 0.219. The molecule has 0 heterocycles. The van der Waals surface area contributed by atoms with Gasteiger partial charge in [0.1, 0.15) is 10.7 Å². The minimum atomic E-state index is -3.88. The summed E-state index contributed by atoms with van der Waals surface area (Å²) in [4.78, 5) is 10.5. The van der Waals surface area contributed by atoms with Gasteiger partial charge in [-0.1, -0.05) is 0 Å². The highest BCUT2D eigenvalue weighted by Gasteiger charge is 2.24. The van der Waals surface area contributed by atoms with E-state index in [1.54, 1.807) is 7.05 Å². The molecule has 0 bridgehead atoms. The van der Waals surface area contributed by atoms with Gasteiger partial charge in [0.25, 0.3) is 0 Å². The summed E-state index contributed by atoms with van der Waals surface area (Å²) in [5, 5.41) is 5.32. The summed E-state index contributed by atoms with van der Waals surface area (Å²) in [5.41, 5.74) is 0.219. The number of hydrogen-bond acceptors (Lipinski definition) is 4. The van der Waals surface area contributed by atoms with Gasteiger partial charge in [0.2, 0.25) is 15.9 Å². The monoisotopic (exact) mass is 317 g/mol. The molecule has 118 valence electrons. The molecule has 8 heteroatoms. The third kappa shape index (κ3) is 4.76. The number of anilines is 1. The predicted octanol–water partition coefficient (Wildman–Crippen LogP) is 1.01. The van der Waals surface area contributed by atoms with Crippen molar-refractivity contribution in [2.24, 2.45) is 0 Å². The molecule has 0 aliphatic carbocycles. The van der Waals surface area contributed by atoms with E-state index in [-0.39, 0.29) is 18.1 Å². The number of sulfonamides is 1. The van der Waals surface area contributed by atoms with Gasteiger partial charge in [-0.2, -0.15) is 0 Å². The Labute approximate surface area is 124 Å². The quantitative estimate of drug-likeness (QED) is 0.736. The maximum atomic E-state index is 14.0. The summed E-state index contributed by atoms with van der Waals surface area (Å²) in [6.07, 6.45) is 0.623. The highest BCUT2D eigenvalue weighted by Crippen LogP contribution is 2.21. The fourth-order valence-electron chi connectivity index (χ4n) is 1.76. The second-order valence-corrected chi connectivity index (χ2v) is 6.62. The summed E-state index contributed by atoms with van der Waals surface area (Å²) in [6.45, 7) is 2.25.